The smallest absolute Gasteiger partial charge is 0.123 e. The third kappa shape index (κ3) is 2.25. The lowest BCUT2D eigenvalue weighted by Crippen LogP contribution is -1.98. The van der Waals surface area contributed by atoms with Gasteiger partial charge >= 0.3 is 0 Å². The molecule has 0 radical (unpaired) electrons. The zero-order chi connectivity index (χ0) is 9.97. The van der Waals surface area contributed by atoms with E-state index < -0.39 is 0 Å². The number of alkyl halides is 1. The van der Waals surface area contributed by atoms with Crippen molar-refractivity contribution in [3.63, 3.8) is 0 Å². The Balaban J connectivity index is 2.06. The molecule has 2 rings (SSSR count). The first-order chi connectivity index (χ1) is 6.79. The van der Waals surface area contributed by atoms with Crippen molar-refractivity contribution in [3.05, 3.63) is 35.6 Å². The van der Waals surface area contributed by atoms with Crippen molar-refractivity contribution in [3.8, 4) is 0 Å². The molecule has 3 heteroatoms. The van der Waals surface area contributed by atoms with Gasteiger partial charge in [-0.2, -0.15) is 0 Å². The number of halogens is 2. The molecule has 1 fully saturated rings. The van der Waals surface area contributed by atoms with Gasteiger partial charge in [-0.15, -0.1) is 0 Å². The maximum atomic E-state index is 12.7. The van der Waals surface area contributed by atoms with E-state index in [0.717, 1.165) is 23.0 Å². The van der Waals surface area contributed by atoms with E-state index in [2.05, 4.69) is 22.6 Å². The van der Waals surface area contributed by atoms with Crippen LogP contribution in [0.4, 0.5) is 4.39 Å². The maximum absolute atomic E-state index is 12.7. The summed E-state index contributed by atoms with van der Waals surface area (Å²) in [6.07, 6.45) is 1.24. The first-order valence-corrected chi connectivity index (χ1v) is 6.25. The number of hydrogen-bond donors (Lipinski definition) is 0. The molecule has 0 saturated carbocycles. The third-order valence-electron chi connectivity index (χ3n) is 2.54. The van der Waals surface area contributed by atoms with Crippen LogP contribution >= 0.6 is 22.6 Å². The second-order valence-corrected chi connectivity index (χ2v) is 4.51. The predicted molar refractivity (Wildman–Crippen MR) is 62.1 cm³/mol. The molecule has 0 aromatic heterocycles. The van der Waals surface area contributed by atoms with Crippen LogP contribution in [0.2, 0.25) is 0 Å². The molecule has 2 atom stereocenters. The molecule has 0 N–H and O–H groups in total. The molecule has 1 aromatic carbocycles. The fourth-order valence-electron chi connectivity index (χ4n) is 1.71. The molecule has 1 nitrogen and oxygen atoms in total. The van der Waals surface area contributed by atoms with Crippen LogP contribution in [-0.4, -0.2) is 11.0 Å². The molecule has 14 heavy (non-hydrogen) atoms. The summed E-state index contributed by atoms with van der Waals surface area (Å²) < 4.78 is 19.5. The minimum atomic E-state index is -0.183. The van der Waals surface area contributed by atoms with Crippen LogP contribution in [0.25, 0.3) is 0 Å². The van der Waals surface area contributed by atoms with Crippen LogP contribution in [0.5, 0.6) is 0 Å². The van der Waals surface area contributed by atoms with Gasteiger partial charge in [-0.25, -0.2) is 4.39 Å². The standard InChI is InChI=1S/C11H12FIO/c12-10-3-1-9(2-4-10)11-5-8(6-13)7-14-11/h1-4,8,11H,5-7H2/t8-,11-/m0/s1. The van der Waals surface area contributed by atoms with Gasteiger partial charge in [0.25, 0.3) is 0 Å². The monoisotopic (exact) mass is 306 g/mol. The van der Waals surface area contributed by atoms with E-state index >= 15 is 0 Å². The highest BCUT2D eigenvalue weighted by Gasteiger charge is 2.25. The summed E-state index contributed by atoms with van der Waals surface area (Å²) in [6.45, 7) is 0.838. The quantitative estimate of drug-likeness (QED) is 0.601. The van der Waals surface area contributed by atoms with Gasteiger partial charge in [-0.1, -0.05) is 34.7 Å². The summed E-state index contributed by atoms with van der Waals surface area (Å²) in [5, 5.41) is 0. The van der Waals surface area contributed by atoms with Gasteiger partial charge in [0.2, 0.25) is 0 Å². The molecule has 0 aliphatic carbocycles. The second-order valence-electron chi connectivity index (χ2n) is 3.63. The van der Waals surface area contributed by atoms with Crippen LogP contribution < -0.4 is 0 Å². The fourth-order valence-corrected chi connectivity index (χ4v) is 2.32. The van der Waals surface area contributed by atoms with Crippen molar-refractivity contribution in [1.82, 2.24) is 0 Å². The lowest BCUT2D eigenvalue weighted by Gasteiger charge is -2.08. The Bertz CT molecular complexity index is 299. The van der Waals surface area contributed by atoms with Crippen LogP contribution in [0.15, 0.2) is 24.3 Å². The molecule has 0 spiro atoms. The van der Waals surface area contributed by atoms with Crippen molar-refractivity contribution in [1.29, 1.82) is 0 Å². The van der Waals surface area contributed by atoms with Crippen LogP contribution in [0.3, 0.4) is 0 Å². The highest BCUT2D eigenvalue weighted by molar-refractivity contribution is 14.1. The van der Waals surface area contributed by atoms with Gasteiger partial charge in [0, 0.05) is 4.43 Å². The molecular weight excluding hydrogens is 294 g/mol. The maximum Gasteiger partial charge on any atom is 0.123 e. The van der Waals surface area contributed by atoms with Crippen molar-refractivity contribution >= 4 is 22.6 Å². The Kier molecular flexibility index (Phi) is 3.38. The van der Waals surface area contributed by atoms with Crippen molar-refractivity contribution < 1.29 is 9.13 Å². The number of benzene rings is 1. The van der Waals surface area contributed by atoms with Gasteiger partial charge in [0.1, 0.15) is 5.82 Å². The summed E-state index contributed by atoms with van der Waals surface area (Å²) in [7, 11) is 0. The Morgan fingerprint density at radius 3 is 2.64 bits per heavy atom. The average molecular weight is 306 g/mol. The van der Waals surface area contributed by atoms with E-state index in [1.54, 1.807) is 0 Å². The summed E-state index contributed by atoms with van der Waals surface area (Å²) in [6, 6.07) is 6.62. The highest BCUT2D eigenvalue weighted by Crippen LogP contribution is 2.33. The number of hydrogen-bond acceptors (Lipinski definition) is 1. The normalized spacial score (nSPS) is 26.7. The third-order valence-corrected chi connectivity index (χ3v) is 3.79. The van der Waals surface area contributed by atoms with E-state index in [-0.39, 0.29) is 11.9 Å². The van der Waals surface area contributed by atoms with Crippen molar-refractivity contribution in [2.45, 2.75) is 12.5 Å². The number of ether oxygens (including phenoxy) is 1. The summed E-state index contributed by atoms with van der Waals surface area (Å²) in [5.74, 6) is 0.475. The predicted octanol–water partition coefficient (Wildman–Crippen LogP) is 3.34. The molecule has 0 bridgehead atoms. The second kappa shape index (κ2) is 4.57. The SMILES string of the molecule is Fc1ccc([C@@H]2C[C@@H](CI)CO2)cc1. The topological polar surface area (TPSA) is 9.23 Å². The Labute approximate surface area is 96.8 Å². The minimum Gasteiger partial charge on any atom is -0.373 e. The van der Waals surface area contributed by atoms with Crippen LogP contribution in [0, 0.1) is 11.7 Å². The molecule has 1 heterocycles. The molecule has 0 amide bonds. The molecule has 0 unspecified atom stereocenters. The first-order valence-electron chi connectivity index (χ1n) is 4.72. The van der Waals surface area contributed by atoms with Crippen LogP contribution in [-0.2, 0) is 4.74 Å². The Morgan fingerprint density at radius 1 is 1.36 bits per heavy atom. The van der Waals surface area contributed by atoms with E-state index in [1.165, 1.54) is 12.1 Å². The summed E-state index contributed by atoms with van der Waals surface area (Å²) in [4.78, 5) is 0. The van der Waals surface area contributed by atoms with E-state index in [4.69, 9.17) is 4.74 Å². The van der Waals surface area contributed by atoms with Gasteiger partial charge in [-0.3, -0.25) is 0 Å². The molecule has 1 aliphatic rings. The molecule has 1 aliphatic heterocycles. The Morgan fingerprint density at radius 2 is 2.07 bits per heavy atom. The Hall–Kier alpha value is -0.160. The van der Waals surface area contributed by atoms with Crippen molar-refractivity contribution in [2.75, 3.05) is 11.0 Å². The first kappa shape index (κ1) is 10.4. The fraction of sp³-hybridized carbons (Fsp3) is 0.455. The zero-order valence-electron chi connectivity index (χ0n) is 7.75. The highest BCUT2D eigenvalue weighted by atomic mass is 127. The largest absolute Gasteiger partial charge is 0.373 e. The van der Waals surface area contributed by atoms with E-state index in [0.29, 0.717) is 5.92 Å². The van der Waals surface area contributed by atoms with Gasteiger partial charge in [0.15, 0.2) is 0 Å². The average Bonchev–Trinajstić information content (AvgIpc) is 2.67. The summed E-state index contributed by atoms with van der Waals surface area (Å²) >= 11 is 2.38. The summed E-state index contributed by atoms with van der Waals surface area (Å²) in [5.41, 5.74) is 1.10. The van der Waals surface area contributed by atoms with Crippen molar-refractivity contribution in [2.24, 2.45) is 5.92 Å². The van der Waals surface area contributed by atoms with E-state index in [1.807, 2.05) is 12.1 Å². The zero-order valence-corrected chi connectivity index (χ0v) is 9.91. The molecule has 1 aromatic rings. The van der Waals surface area contributed by atoms with Gasteiger partial charge in [0.05, 0.1) is 12.7 Å². The van der Waals surface area contributed by atoms with Crippen LogP contribution in [0.1, 0.15) is 18.1 Å². The molecule has 1 saturated heterocycles. The van der Waals surface area contributed by atoms with E-state index in [9.17, 15) is 4.39 Å². The minimum absolute atomic E-state index is 0.176. The van der Waals surface area contributed by atoms with Gasteiger partial charge < -0.3 is 4.74 Å². The lowest BCUT2D eigenvalue weighted by atomic mass is 10.0. The number of rotatable bonds is 2. The molecular formula is C11H12FIO. The molecule has 76 valence electrons. The van der Waals surface area contributed by atoms with Gasteiger partial charge in [-0.05, 0) is 30.0 Å². The lowest BCUT2D eigenvalue weighted by molar-refractivity contribution is 0.108.